The molecule has 0 saturated heterocycles. The molecule has 0 aliphatic carbocycles. The van der Waals surface area contributed by atoms with Crippen molar-refractivity contribution >= 4 is 12.2 Å². The van der Waals surface area contributed by atoms with Crippen LogP contribution in [0.25, 0.3) is 6.08 Å². The molecule has 0 unspecified atom stereocenters. The first-order valence-electron chi connectivity index (χ1n) is 7.22. The van der Waals surface area contributed by atoms with Gasteiger partial charge in [0.25, 0.3) is 0 Å². The minimum atomic E-state index is -0.684. The maximum Gasteiger partial charge on any atom is 0.513 e. The number of fused-ring (bicyclic) bond motifs is 1. The summed E-state index contributed by atoms with van der Waals surface area (Å²) in [5, 5.41) is 0. The first-order valence-corrected chi connectivity index (χ1v) is 7.22. The molecule has 0 fully saturated rings. The second-order valence-corrected chi connectivity index (χ2v) is 4.66. The number of carbonyl (C=O) groups excluding carboxylic acids is 1. The number of hydrogen-bond donors (Lipinski definition) is 0. The lowest BCUT2D eigenvalue weighted by molar-refractivity contribution is 0.0629. The number of ether oxygens (including phenoxy) is 3. The third-order valence-corrected chi connectivity index (χ3v) is 3.34. The molecule has 114 valence electrons. The van der Waals surface area contributed by atoms with Crippen molar-refractivity contribution in [2.45, 2.75) is 13.8 Å². The molecule has 1 aliphatic heterocycles. The van der Waals surface area contributed by atoms with E-state index in [1.807, 2.05) is 24.3 Å². The van der Waals surface area contributed by atoms with Gasteiger partial charge in [0, 0.05) is 12.1 Å². The minimum Gasteiger partial charge on any atom is -0.485 e. The maximum absolute atomic E-state index is 11.6. The summed E-state index contributed by atoms with van der Waals surface area (Å²) in [6.07, 6.45) is 1.11. The Bertz CT molecular complexity index is 509. The molecule has 0 saturated carbocycles. The van der Waals surface area contributed by atoms with Crippen molar-refractivity contribution in [3.05, 3.63) is 35.6 Å². The molecule has 0 spiro atoms. The van der Waals surface area contributed by atoms with Crippen LogP contribution < -0.4 is 4.74 Å². The molecular weight excluding hydrogens is 270 g/mol. The van der Waals surface area contributed by atoms with Crippen molar-refractivity contribution in [1.29, 1.82) is 0 Å². The summed E-state index contributed by atoms with van der Waals surface area (Å²) in [5.74, 6) is 1.25. The Morgan fingerprint density at radius 2 is 2.05 bits per heavy atom. The van der Waals surface area contributed by atoms with E-state index in [2.05, 4.69) is 18.7 Å². The van der Waals surface area contributed by atoms with Gasteiger partial charge in [0.1, 0.15) is 24.7 Å². The Hall–Kier alpha value is -2.01. The van der Waals surface area contributed by atoms with Gasteiger partial charge in [0.2, 0.25) is 0 Å². The molecule has 0 bridgehead atoms. The summed E-state index contributed by atoms with van der Waals surface area (Å²) in [6.45, 7) is 7.29. The monoisotopic (exact) mass is 291 g/mol. The standard InChI is InChI=1S/C16H21NO4/c1-3-17(4-2)9-10-19-16(18)21-14-11-13-7-5-6-8-15(13)20-12-14/h5-8,11H,3-4,9-10,12H2,1-2H3. The normalized spacial score (nSPS) is 13.2. The molecule has 21 heavy (non-hydrogen) atoms. The number of likely N-dealkylation sites (N-methyl/N-ethyl adjacent to an activating group) is 1. The fraction of sp³-hybridized carbons (Fsp3) is 0.438. The molecule has 5 heteroatoms. The number of para-hydroxylation sites is 1. The van der Waals surface area contributed by atoms with Crippen LogP contribution in [-0.4, -0.2) is 43.9 Å². The van der Waals surface area contributed by atoms with E-state index >= 15 is 0 Å². The van der Waals surface area contributed by atoms with Crippen LogP contribution in [0.5, 0.6) is 5.75 Å². The Labute approximate surface area is 125 Å². The average molecular weight is 291 g/mol. The molecule has 1 heterocycles. The summed E-state index contributed by atoms with van der Waals surface area (Å²) >= 11 is 0. The predicted molar refractivity (Wildman–Crippen MR) is 80.1 cm³/mol. The minimum absolute atomic E-state index is 0.238. The van der Waals surface area contributed by atoms with Crippen molar-refractivity contribution in [2.75, 3.05) is 32.8 Å². The maximum atomic E-state index is 11.6. The number of carbonyl (C=O) groups is 1. The second-order valence-electron chi connectivity index (χ2n) is 4.66. The van der Waals surface area contributed by atoms with Gasteiger partial charge in [-0.15, -0.1) is 0 Å². The van der Waals surface area contributed by atoms with Gasteiger partial charge in [-0.25, -0.2) is 4.79 Å². The third-order valence-electron chi connectivity index (χ3n) is 3.34. The third kappa shape index (κ3) is 4.49. The lowest BCUT2D eigenvalue weighted by Gasteiger charge is -2.19. The van der Waals surface area contributed by atoms with Crippen LogP contribution in [0, 0.1) is 0 Å². The first-order chi connectivity index (χ1) is 10.2. The Morgan fingerprint density at radius 1 is 1.29 bits per heavy atom. The number of benzene rings is 1. The van der Waals surface area contributed by atoms with Crippen LogP contribution in [0.2, 0.25) is 0 Å². The fourth-order valence-electron chi connectivity index (χ4n) is 2.09. The van der Waals surface area contributed by atoms with Gasteiger partial charge in [-0.05, 0) is 25.2 Å². The van der Waals surface area contributed by atoms with E-state index in [1.165, 1.54) is 0 Å². The van der Waals surface area contributed by atoms with Crippen LogP contribution in [0.3, 0.4) is 0 Å². The van der Waals surface area contributed by atoms with E-state index in [4.69, 9.17) is 14.2 Å². The van der Waals surface area contributed by atoms with Crippen molar-refractivity contribution < 1.29 is 19.0 Å². The second kappa shape index (κ2) is 7.69. The molecular formula is C16H21NO4. The van der Waals surface area contributed by atoms with E-state index in [0.717, 1.165) is 24.4 Å². The number of hydrogen-bond acceptors (Lipinski definition) is 5. The van der Waals surface area contributed by atoms with Crippen LogP contribution in [0.4, 0.5) is 4.79 Å². The van der Waals surface area contributed by atoms with Gasteiger partial charge >= 0.3 is 6.16 Å². The molecule has 1 aromatic carbocycles. The molecule has 5 nitrogen and oxygen atoms in total. The zero-order valence-electron chi connectivity index (χ0n) is 12.5. The molecule has 0 atom stereocenters. The molecule has 2 rings (SSSR count). The Kier molecular flexibility index (Phi) is 5.63. The number of rotatable bonds is 6. The SMILES string of the molecule is CCN(CC)CCOC(=O)OC1=Cc2ccccc2OC1. The van der Waals surface area contributed by atoms with Crippen molar-refractivity contribution in [3.8, 4) is 5.75 Å². The fourth-order valence-corrected chi connectivity index (χ4v) is 2.09. The van der Waals surface area contributed by atoms with Gasteiger partial charge in [0.15, 0.2) is 0 Å². The van der Waals surface area contributed by atoms with Crippen molar-refractivity contribution in [3.63, 3.8) is 0 Å². The zero-order valence-corrected chi connectivity index (χ0v) is 12.5. The summed E-state index contributed by atoms with van der Waals surface area (Å²) in [5.41, 5.74) is 0.898. The molecule has 1 aromatic rings. The lowest BCUT2D eigenvalue weighted by Crippen LogP contribution is -2.28. The zero-order chi connectivity index (χ0) is 15.1. The van der Waals surface area contributed by atoms with E-state index in [-0.39, 0.29) is 6.61 Å². The van der Waals surface area contributed by atoms with E-state index in [0.29, 0.717) is 18.9 Å². The Balaban J connectivity index is 1.80. The molecule has 0 amide bonds. The van der Waals surface area contributed by atoms with Crippen LogP contribution in [-0.2, 0) is 9.47 Å². The Morgan fingerprint density at radius 3 is 2.81 bits per heavy atom. The van der Waals surface area contributed by atoms with E-state index < -0.39 is 6.16 Å². The molecule has 0 N–H and O–H groups in total. The van der Waals surface area contributed by atoms with Gasteiger partial charge in [-0.1, -0.05) is 32.0 Å². The summed E-state index contributed by atoms with van der Waals surface area (Å²) in [4.78, 5) is 13.8. The van der Waals surface area contributed by atoms with Crippen molar-refractivity contribution in [2.24, 2.45) is 0 Å². The van der Waals surface area contributed by atoms with Gasteiger partial charge in [-0.2, -0.15) is 0 Å². The highest BCUT2D eigenvalue weighted by Gasteiger charge is 2.15. The lowest BCUT2D eigenvalue weighted by atomic mass is 10.1. The highest BCUT2D eigenvalue weighted by atomic mass is 16.7. The largest absolute Gasteiger partial charge is 0.513 e. The summed E-state index contributed by atoms with van der Waals surface area (Å²) < 4.78 is 15.7. The van der Waals surface area contributed by atoms with Gasteiger partial charge in [0.05, 0.1) is 0 Å². The summed E-state index contributed by atoms with van der Waals surface area (Å²) in [6, 6.07) is 7.60. The molecule has 1 aliphatic rings. The van der Waals surface area contributed by atoms with Crippen LogP contribution >= 0.6 is 0 Å². The van der Waals surface area contributed by atoms with Gasteiger partial charge < -0.3 is 19.1 Å². The van der Waals surface area contributed by atoms with Gasteiger partial charge in [-0.3, -0.25) is 0 Å². The molecule has 0 radical (unpaired) electrons. The van der Waals surface area contributed by atoms with E-state index in [1.54, 1.807) is 6.08 Å². The first kappa shape index (κ1) is 15.4. The average Bonchev–Trinajstić information content (AvgIpc) is 2.51. The highest BCUT2D eigenvalue weighted by Crippen LogP contribution is 2.26. The van der Waals surface area contributed by atoms with E-state index in [9.17, 15) is 4.79 Å². The van der Waals surface area contributed by atoms with Crippen LogP contribution in [0.1, 0.15) is 19.4 Å². The topological polar surface area (TPSA) is 48.0 Å². The number of nitrogens with zero attached hydrogens (tertiary/aromatic N) is 1. The summed E-state index contributed by atoms with van der Waals surface area (Å²) in [7, 11) is 0. The van der Waals surface area contributed by atoms with Crippen LogP contribution in [0.15, 0.2) is 30.0 Å². The molecule has 0 aromatic heterocycles. The van der Waals surface area contributed by atoms with Crippen molar-refractivity contribution in [1.82, 2.24) is 4.90 Å². The predicted octanol–water partition coefficient (Wildman–Crippen LogP) is 2.91. The highest BCUT2D eigenvalue weighted by molar-refractivity contribution is 5.66. The quantitative estimate of drug-likeness (QED) is 0.754. The smallest absolute Gasteiger partial charge is 0.485 e.